The predicted molar refractivity (Wildman–Crippen MR) is 75.9 cm³/mol. The predicted octanol–water partition coefficient (Wildman–Crippen LogP) is 2.87. The third kappa shape index (κ3) is 3.02. The Hall–Kier alpha value is -1.40. The van der Waals surface area contributed by atoms with Crippen LogP contribution in [0, 0.1) is 5.95 Å². The highest BCUT2D eigenvalue weighted by atomic mass is 19.1. The van der Waals surface area contributed by atoms with E-state index < -0.39 is 13.1 Å². The molecular weight excluding hydrogens is 260 g/mol. The van der Waals surface area contributed by atoms with Crippen molar-refractivity contribution in [3.05, 3.63) is 29.6 Å². The molecule has 108 valence electrons. The second kappa shape index (κ2) is 5.18. The van der Waals surface area contributed by atoms with Gasteiger partial charge in [0.15, 0.2) is 0 Å². The van der Waals surface area contributed by atoms with Gasteiger partial charge in [-0.2, -0.15) is 9.37 Å². The van der Waals surface area contributed by atoms with Crippen LogP contribution in [0.3, 0.4) is 0 Å². The molecule has 1 aliphatic rings. The first kappa shape index (κ1) is 15.0. The standard InChI is InChI=1S/C14H19BFNO3/c1-13(2)14(3,4)20-15(19-13)7-6-10-8-11(16)17-12(9-10)18-5/h6-9H,1-5H3/b7-6+. The summed E-state index contributed by atoms with van der Waals surface area (Å²) in [7, 11) is 0.992. The molecule has 1 saturated heterocycles. The van der Waals surface area contributed by atoms with E-state index in [1.165, 1.54) is 13.2 Å². The molecule has 1 fully saturated rings. The molecule has 2 heterocycles. The summed E-state index contributed by atoms with van der Waals surface area (Å²) in [4.78, 5) is 3.59. The van der Waals surface area contributed by atoms with Gasteiger partial charge in [0, 0.05) is 12.1 Å². The Morgan fingerprint density at radius 2 is 1.80 bits per heavy atom. The fraction of sp³-hybridized carbons (Fsp3) is 0.500. The second-order valence-electron chi connectivity index (χ2n) is 5.75. The van der Waals surface area contributed by atoms with Gasteiger partial charge in [-0.15, -0.1) is 0 Å². The van der Waals surface area contributed by atoms with Crippen molar-refractivity contribution in [1.82, 2.24) is 4.98 Å². The molecule has 0 radical (unpaired) electrons. The molecule has 0 amide bonds. The van der Waals surface area contributed by atoms with E-state index in [-0.39, 0.29) is 17.1 Å². The van der Waals surface area contributed by atoms with E-state index in [0.717, 1.165) is 0 Å². The SMILES string of the molecule is COc1cc(/C=C/B2OC(C)(C)C(C)(C)O2)cc(F)n1. The van der Waals surface area contributed by atoms with Gasteiger partial charge >= 0.3 is 7.12 Å². The van der Waals surface area contributed by atoms with E-state index in [2.05, 4.69) is 4.98 Å². The molecular formula is C14H19BFNO3. The average molecular weight is 279 g/mol. The van der Waals surface area contributed by atoms with Crippen LogP contribution in [-0.4, -0.2) is 30.4 Å². The molecule has 0 aliphatic carbocycles. The van der Waals surface area contributed by atoms with Gasteiger partial charge in [0.25, 0.3) is 0 Å². The molecule has 0 saturated carbocycles. The van der Waals surface area contributed by atoms with Crippen molar-refractivity contribution in [2.24, 2.45) is 0 Å². The number of methoxy groups -OCH3 is 1. The van der Waals surface area contributed by atoms with Crippen LogP contribution < -0.4 is 4.74 Å². The van der Waals surface area contributed by atoms with E-state index >= 15 is 0 Å². The summed E-state index contributed by atoms with van der Waals surface area (Å²) in [6.07, 6.45) is 1.73. The molecule has 1 aromatic rings. The molecule has 1 aromatic heterocycles. The Labute approximate surface area is 119 Å². The first-order valence-electron chi connectivity index (χ1n) is 6.49. The van der Waals surface area contributed by atoms with E-state index in [0.29, 0.717) is 5.56 Å². The van der Waals surface area contributed by atoms with E-state index in [4.69, 9.17) is 14.0 Å². The van der Waals surface area contributed by atoms with Crippen LogP contribution >= 0.6 is 0 Å². The summed E-state index contributed by atoms with van der Waals surface area (Å²) in [5.74, 6) is 1.40. The maximum atomic E-state index is 13.3. The lowest BCUT2D eigenvalue weighted by molar-refractivity contribution is 0.00578. The quantitative estimate of drug-likeness (QED) is 0.630. The Morgan fingerprint density at radius 3 is 2.35 bits per heavy atom. The Morgan fingerprint density at radius 1 is 1.20 bits per heavy atom. The lowest BCUT2D eigenvalue weighted by atomic mass is 9.89. The van der Waals surface area contributed by atoms with Crippen LogP contribution in [-0.2, 0) is 9.31 Å². The van der Waals surface area contributed by atoms with Crippen molar-refractivity contribution in [2.75, 3.05) is 7.11 Å². The highest BCUT2D eigenvalue weighted by Gasteiger charge is 2.49. The summed E-state index contributed by atoms with van der Waals surface area (Å²) in [6.45, 7) is 7.93. The number of pyridine rings is 1. The molecule has 6 heteroatoms. The monoisotopic (exact) mass is 279 g/mol. The molecule has 2 rings (SSSR count). The molecule has 20 heavy (non-hydrogen) atoms. The molecule has 0 spiro atoms. The van der Waals surface area contributed by atoms with Crippen molar-refractivity contribution in [2.45, 2.75) is 38.9 Å². The maximum Gasteiger partial charge on any atom is 0.487 e. The second-order valence-corrected chi connectivity index (χ2v) is 5.75. The molecule has 0 bridgehead atoms. The summed E-state index contributed by atoms with van der Waals surface area (Å²) in [6, 6.07) is 2.97. The highest BCUT2D eigenvalue weighted by molar-refractivity contribution is 6.52. The highest BCUT2D eigenvalue weighted by Crippen LogP contribution is 2.37. The summed E-state index contributed by atoms with van der Waals surface area (Å²) in [5, 5.41) is 0. The zero-order valence-electron chi connectivity index (χ0n) is 12.4. The summed E-state index contributed by atoms with van der Waals surface area (Å²) < 4.78 is 29.8. The normalized spacial score (nSPS) is 20.6. The van der Waals surface area contributed by atoms with Gasteiger partial charge < -0.3 is 14.0 Å². The molecule has 0 unspecified atom stereocenters. The lowest BCUT2D eigenvalue weighted by Crippen LogP contribution is -2.41. The number of halogens is 1. The number of nitrogens with zero attached hydrogens (tertiary/aromatic N) is 1. The Kier molecular flexibility index (Phi) is 3.89. The zero-order valence-corrected chi connectivity index (χ0v) is 12.4. The minimum absolute atomic E-state index is 0.235. The number of hydrogen-bond acceptors (Lipinski definition) is 4. The van der Waals surface area contributed by atoms with Crippen LogP contribution in [0.4, 0.5) is 4.39 Å². The minimum Gasteiger partial charge on any atom is -0.481 e. The zero-order chi connectivity index (χ0) is 15.0. The van der Waals surface area contributed by atoms with Crippen molar-refractivity contribution < 1.29 is 18.4 Å². The first-order valence-corrected chi connectivity index (χ1v) is 6.49. The number of rotatable bonds is 3. The number of hydrogen-bond donors (Lipinski definition) is 0. The fourth-order valence-corrected chi connectivity index (χ4v) is 1.85. The topological polar surface area (TPSA) is 40.6 Å². The summed E-state index contributed by atoms with van der Waals surface area (Å²) >= 11 is 0. The first-order chi connectivity index (χ1) is 9.23. The smallest absolute Gasteiger partial charge is 0.481 e. The molecule has 1 aliphatic heterocycles. The summed E-state index contributed by atoms with van der Waals surface area (Å²) in [5.41, 5.74) is -0.129. The van der Waals surface area contributed by atoms with Gasteiger partial charge in [-0.05, 0) is 33.3 Å². The van der Waals surface area contributed by atoms with Gasteiger partial charge in [-0.3, -0.25) is 0 Å². The van der Waals surface area contributed by atoms with Crippen LogP contribution in [0.2, 0.25) is 0 Å². The average Bonchev–Trinajstić information content (AvgIpc) is 2.54. The Bertz CT molecular complexity index is 515. The van der Waals surface area contributed by atoms with Gasteiger partial charge in [-0.1, -0.05) is 12.1 Å². The van der Waals surface area contributed by atoms with Gasteiger partial charge in [-0.25, -0.2) is 0 Å². The number of ether oxygens (including phenoxy) is 1. The third-order valence-corrected chi connectivity index (χ3v) is 3.72. The fourth-order valence-electron chi connectivity index (χ4n) is 1.85. The molecule has 0 atom stereocenters. The van der Waals surface area contributed by atoms with Crippen LogP contribution in [0.15, 0.2) is 18.1 Å². The van der Waals surface area contributed by atoms with Crippen LogP contribution in [0.1, 0.15) is 33.3 Å². The van der Waals surface area contributed by atoms with Crippen LogP contribution in [0.25, 0.3) is 6.08 Å². The molecule has 0 aromatic carbocycles. The third-order valence-electron chi connectivity index (χ3n) is 3.72. The van der Waals surface area contributed by atoms with E-state index in [9.17, 15) is 4.39 Å². The minimum atomic E-state index is -0.585. The van der Waals surface area contributed by atoms with Crippen molar-refractivity contribution in [3.63, 3.8) is 0 Å². The largest absolute Gasteiger partial charge is 0.487 e. The van der Waals surface area contributed by atoms with E-state index in [1.807, 2.05) is 27.7 Å². The van der Waals surface area contributed by atoms with Gasteiger partial charge in [0.05, 0.1) is 18.3 Å². The maximum absolute atomic E-state index is 13.3. The van der Waals surface area contributed by atoms with Crippen molar-refractivity contribution >= 4 is 13.2 Å². The van der Waals surface area contributed by atoms with Gasteiger partial charge in [0.2, 0.25) is 11.8 Å². The number of aromatic nitrogens is 1. The van der Waals surface area contributed by atoms with Gasteiger partial charge in [0.1, 0.15) is 0 Å². The molecule has 0 N–H and O–H groups in total. The Balaban J connectivity index is 2.13. The van der Waals surface area contributed by atoms with Crippen molar-refractivity contribution in [3.8, 4) is 5.88 Å². The van der Waals surface area contributed by atoms with Crippen LogP contribution in [0.5, 0.6) is 5.88 Å². The molecule has 4 nitrogen and oxygen atoms in total. The van der Waals surface area contributed by atoms with Crippen molar-refractivity contribution in [1.29, 1.82) is 0 Å². The lowest BCUT2D eigenvalue weighted by Gasteiger charge is -2.32. The van der Waals surface area contributed by atoms with E-state index in [1.54, 1.807) is 18.1 Å².